The van der Waals surface area contributed by atoms with Gasteiger partial charge in [0.1, 0.15) is 22.7 Å². The Morgan fingerprint density at radius 2 is 1.13 bits per heavy atom. The quantitative estimate of drug-likeness (QED) is 0.193. The van der Waals surface area contributed by atoms with E-state index in [4.69, 9.17) is 14.4 Å². The van der Waals surface area contributed by atoms with E-state index in [1.54, 1.807) is 6.07 Å². The number of aromatic hydroxyl groups is 1. The Bertz CT molecular complexity index is 2700. The van der Waals surface area contributed by atoms with Crippen molar-refractivity contribution in [3.63, 3.8) is 0 Å². The minimum atomic E-state index is -0.505. The van der Waals surface area contributed by atoms with Crippen LogP contribution in [0.4, 0.5) is 4.39 Å². The van der Waals surface area contributed by atoms with Crippen LogP contribution in [0.3, 0.4) is 0 Å². The van der Waals surface area contributed by atoms with Gasteiger partial charge in [0.05, 0.1) is 17.1 Å². The van der Waals surface area contributed by atoms with E-state index in [0.717, 1.165) is 78.5 Å². The monoisotopic (exact) mass is 710 g/mol. The fourth-order valence-electron chi connectivity index (χ4n) is 7.15. The van der Waals surface area contributed by atoms with E-state index in [2.05, 4.69) is 114 Å². The number of fused-ring (bicyclic) bond motifs is 3. The molecule has 0 saturated carbocycles. The van der Waals surface area contributed by atoms with Crippen molar-refractivity contribution in [3.05, 3.63) is 150 Å². The predicted molar refractivity (Wildman–Crippen MR) is 220 cm³/mol. The number of rotatable bonds is 5. The highest BCUT2D eigenvalue weighted by Gasteiger charge is 2.22. The van der Waals surface area contributed by atoms with E-state index in [1.807, 2.05) is 43.3 Å². The summed E-state index contributed by atoms with van der Waals surface area (Å²) in [6, 6.07) is 41.8. The summed E-state index contributed by atoms with van der Waals surface area (Å²) in [5, 5.41) is 13.1. The Labute approximate surface area is 316 Å². The highest BCUT2D eigenvalue weighted by Crippen LogP contribution is 2.40. The molecule has 0 aliphatic carbocycles. The largest absolute Gasteiger partial charge is 0.507 e. The standard InChI is InChI=1S/C49H43FN2O2/c1-29-20-34(38-15-11-16-40-39-14-8-9-17-46(39)54-47(38)40)26-42(51-29)30-12-10-13-31(21-30)43-24-33(25-44(52-43)41-19-18-37(50)28-45(41)53)32-22-35(48(2,3)4)27-36(23-32)49(5,6)7/h8-28,53H,1-7H3. The number of para-hydroxylation sites is 2. The van der Waals surface area contributed by atoms with Crippen molar-refractivity contribution in [3.8, 4) is 61.8 Å². The van der Waals surface area contributed by atoms with E-state index in [-0.39, 0.29) is 16.6 Å². The van der Waals surface area contributed by atoms with Gasteiger partial charge in [0.25, 0.3) is 0 Å². The third kappa shape index (κ3) is 6.67. The van der Waals surface area contributed by atoms with Crippen molar-refractivity contribution < 1.29 is 13.9 Å². The normalized spacial score (nSPS) is 12.1. The highest BCUT2D eigenvalue weighted by atomic mass is 19.1. The number of aryl methyl sites for hydroxylation is 1. The van der Waals surface area contributed by atoms with Crippen molar-refractivity contribution in [1.29, 1.82) is 0 Å². The molecule has 0 bridgehead atoms. The molecule has 0 atom stereocenters. The molecule has 0 unspecified atom stereocenters. The van der Waals surface area contributed by atoms with Crippen LogP contribution < -0.4 is 0 Å². The molecule has 0 radical (unpaired) electrons. The second kappa shape index (κ2) is 13.1. The Hall–Kier alpha value is -6.07. The zero-order chi connectivity index (χ0) is 37.9. The first-order valence-corrected chi connectivity index (χ1v) is 18.4. The predicted octanol–water partition coefficient (Wildman–Crippen LogP) is 13.5. The number of hydrogen-bond acceptors (Lipinski definition) is 4. The fourth-order valence-corrected chi connectivity index (χ4v) is 7.15. The van der Waals surface area contributed by atoms with Crippen molar-refractivity contribution in [2.45, 2.75) is 59.3 Å². The van der Waals surface area contributed by atoms with Gasteiger partial charge in [-0.2, -0.15) is 0 Å². The van der Waals surface area contributed by atoms with E-state index in [0.29, 0.717) is 11.3 Å². The molecule has 5 aromatic carbocycles. The van der Waals surface area contributed by atoms with Gasteiger partial charge < -0.3 is 9.52 Å². The second-order valence-electron chi connectivity index (χ2n) is 16.3. The van der Waals surface area contributed by atoms with Crippen LogP contribution in [0.1, 0.15) is 58.4 Å². The van der Waals surface area contributed by atoms with Crippen LogP contribution in [0.2, 0.25) is 0 Å². The Kier molecular flexibility index (Phi) is 8.49. The first kappa shape index (κ1) is 35.0. The molecule has 3 aromatic heterocycles. The van der Waals surface area contributed by atoms with Crippen LogP contribution in [0.15, 0.2) is 132 Å². The first-order chi connectivity index (χ1) is 25.7. The second-order valence-corrected chi connectivity index (χ2v) is 16.3. The number of phenols is 1. The minimum absolute atomic E-state index is 0.0755. The van der Waals surface area contributed by atoms with Crippen molar-refractivity contribution in [2.75, 3.05) is 0 Å². The van der Waals surface area contributed by atoms with Gasteiger partial charge in [0, 0.05) is 44.8 Å². The maximum absolute atomic E-state index is 14.2. The summed E-state index contributed by atoms with van der Waals surface area (Å²) in [6.45, 7) is 15.4. The molecule has 4 nitrogen and oxygen atoms in total. The van der Waals surface area contributed by atoms with Crippen LogP contribution in [0.5, 0.6) is 5.75 Å². The third-order valence-electron chi connectivity index (χ3n) is 10.2. The molecule has 8 rings (SSSR count). The van der Waals surface area contributed by atoms with Gasteiger partial charge in [-0.1, -0.05) is 114 Å². The van der Waals surface area contributed by atoms with Gasteiger partial charge in [0.2, 0.25) is 0 Å². The Morgan fingerprint density at radius 3 is 1.83 bits per heavy atom. The van der Waals surface area contributed by atoms with E-state index in [9.17, 15) is 9.50 Å². The molecule has 3 heterocycles. The van der Waals surface area contributed by atoms with Crippen LogP contribution in [-0.4, -0.2) is 15.1 Å². The van der Waals surface area contributed by atoms with Gasteiger partial charge >= 0.3 is 0 Å². The molecule has 268 valence electrons. The zero-order valence-electron chi connectivity index (χ0n) is 31.8. The summed E-state index contributed by atoms with van der Waals surface area (Å²) in [7, 11) is 0. The molecular formula is C49H43FN2O2. The smallest absolute Gasteiger partial charge is 0.143 e. The lowest BCUT2D eigenvalue weighted by molar-refractivity contribution is 0.471. The summed E-state index contributed by atoms with van der Waals surface area (Å²) < 4.78 is 20.6. The van der Waals surface area contributed by atoms with E-state index < -0.39 is 5.82 Å². The molecule has 0 aliphatic rings. The number of hydrogen-bond donors (Lipinski definition) is 1. The molecule has 0 amide bonds. The summed E-state index contributed by atoms with van der Waals surface area (Å²) in [5.41, 5.74) is 13.4. The van der Waals surface area contributed by atoms with Crippen molar-refractivity contribution in [2.24, 2.45) is 0 Å². The van der Waals surface area contributed by atoms with Gasteiger partial charge in [0.15, 0.2) is 0 Å². The number of halogens is 1. The zero-order valence-corrected chi connectivity index (χ0v) is 31.8. The van der Waals surface area contributed by atoms with E-state index >= 15 is 0 Å². The molecule has 5 heteroatoms. The first-order valence-electron chi connectivity index (χ1n) is 18.4. The van der Waals surface area contributed by atoms with Crippen LogP contribution in [0, 0.1) is 12.7 Å². The average Bonchev–Trinajstić information content (AvgIpc) is 3.52. The fraction of sp³-hybridized carbons (Fsp3) is 0.184. The maximum Gasteiger partial charge on any atom is 0.143 e. The van der Waals surface area contributed by atoms with Crippen molar-refractivity contribution in [1.82, 2.24) is 9.97 Å². The summed E-state index contributed by atoms with van der Waals surface area (Å²) in [5.74, 6) is -0.663. The molecule has 1 N–H and O–H groups in total. The Balaban J connectivity index is 1.28. The summed E-state index contributed by atoms with van der Waals surface area (Å²) >= 11 is 0. The molecule has 0 spiro atoms. The average molecular weight is 711 g/mol. The van der Waals surface area contributed by atoms with Crippen molar-refractivity contribution >= 4 is 21.9 Å². The Morgan fingerprint density at radius 1 is 0.519 bits per heavy atom. The molecule has 0 fully saturated rings. The van der Waals surface area contributed by atoms with Crippen LogP contribution in [-0.2, 0) is 10.8 Å². The number of nitrogens with zero attached hydrogens (tertiary/aromatic N) is 2. The molecule has 0 saturated heterocycles. The molecular weight excluding hydrogens is 668 g/mol. The van der Waals surface area contributed by atoms with Crippen LogP contribution >= 0.6 is 0 Å². The van der Waals surface area contributed by atoms with Gasteiger partial charge in [-0.25, -0.2) is 9.37 Å². The van der Waals surface area contributed by atoms with Gasteiger partial charge in [-0.3, -0.25) is 4.98 Å². The molecule has 0 aliphatic heterocycles. The third-order valence-corrected chi connectivity index (χ3v) is 10.2. The topological polar surface area (TPSA) is 59.2 Å². The minimum Gasteiger partial charge on any atom is -0.507 e. The number of pyridine rings is 2. The lowest BCUT2D eigenvalue weighted by Crippen LogP contribution is -2.16. The molecule has 8 aromatic rings. The number of furan rings is 1. The highest BCUT2D eigenvalue weighted by molar-refractivity contribution is 6.09. The van der Waals surface area contributed by atoms with Gasteiger partial charge in [-0.05, 0) is 94.1 Å². The lowest BCUT2D eigenvalue weighted by atomic mass is 9.79. The van der Waals surface area contributed by atoms with E-state index in [1.165, 1.54) is 17.2 Å². The number of benzene rings is 5. The molecule has 54 heavy (non-hydrogen) atoms. The van der Waals surface area contributed by atoms with Gasteiger partial charge in [-0.15, -0.1) is 0 Å². The summed E-state index contributed by atoms with van der Waals surface area (Å²) in [4.78, 5) is 10.1. The number of phenolic OH excluding ortho intramolecular Hbond substituents is 1. The summed E-state index contributed by atoms with van der Waals surface area (Å²) in [6.07, 6.45) is 0. The van der Waals surface area contributed by atoms with Crippen LogP contribution in [0.25, 0.3) is 78.0 Å². The number of aromatic nitrogens is 2. The maximum atomic E-state index is 14.2. The SMILES string of the molecule is Cc1cc(-c2cccc3c2oc2ccccc23)cc(-c2cccc(-c3cc(-c4cc(C(C)(C)C)cc(C(C)(C)C)c4)cc(-c4ccc(F)cc4O)n3)c2)n1. The lowest BCUT2D eigenvalue weighted by Gasteiger charge is -2.26.